The van der Waals surface area contributed by atoms with Crippen LogP contribution in [0.5, 0.6) is 0 Å². The van der Waals surface area contributed by atoms with Gasteiger partial charge in [-0.15, -0.1) is 0 Å². The van der Waals surface area contributed by atoms with E-state index in [4.69, 9.17) is 0 Å². The third kappa shape index (κ3) is 4.98. The lowest BCUT2D eigenvalue weighted by molar-refractivity contribution is 1.03. The highest BCUT2D eigenvalue weighted by molar-refractivity contribution is 5.88. The molecule has 1 heteroatoms. The summed E-state index contributed by atoms with van der Waals surface area (Å²) < 4.78 is 0. The number of fused-ring (bicyclic) bond motifs is 1. The van der Waals surface area contributed by atoms with Crippen LogP contribution in [-0.4, -0.2) is 0 Å². The molecule has 0 amide bonds. The summed E-state index contributed by atoms with van der Waals surface area (Å²) in [5.41, 5.74) is 4.79. The Morgan fingerprint density at radius 3 is 2.48 bits per heavy atom. The maximum Gasteiger partial charge on any atom is 0.0380 e. The summed E-state index contributed by atoms with van der Waals surface area (Å²) in [5.74, 6) is 0. The largest absolute Gasteiger partial charge is 0.356 e. The molecule has 4 rings (SSSR count). The number of nitrogens with one attached hydrogen (secondary N) is 1. The second kappa shape index (κ2) is 9.59. The molecule has 2 aromatic carbocycles. The van der Waals surface area contributed by atoms with Crippen LogP contribution in [0.1, 0.15) is 32.3 Å². The average molecular weight is 354 g/mol. The topological polar surface area (TPSA) is 12.0 Å². The molecule has 0 saturated carbocycles. The van der Waals surface area contributed by atoms with Crippen molar-refractivity contribution >= 4 is 16.3 Å². The lowest BCUT2D eigenvalue weighted by Gasteiger charge is -2.07. The molecule has 0 fully saturated rings. The smallest absolute Gasteiger partial charge is 0.0380 e. The minimum Gasteiger partial charge on any atom is -0.356 e. The van der Waals surface area contributed by atoms with E-state index in [-0.39, 0.29) is 0 Å². The van der Waals surface area contributed by atoms with E-state index < -0.39 is 0 Å². The van der Waals surface area contributed by atoms with Crippen molar-refractivity contribution in [1.82, 2.24) is 5.32 Å². The van der Waals surface area contributed by atoms with Gasteiger partial charge in [0, 0.05) is 11.4 Å². The number of hydrogen-bond donors (Lipinski definition) is 1. The molecule has 1 N–H and O–H groups in total. The van der Waals surface area contributed by atoms with Gasteiger partial charge in [0.2, 0.25) is 0 Å². The molecule has 1 nitrogen and oxygen atoms in total. The Balaban J connectivity index is 0.00000102. The van der Waals surface area contributed by atoms with Crippen molar-refractivity contribution in [1.29, 1.82) is 0 Å². The van der Waals surface area contributed by atoms with Crippen LogP contribution in [0.15, 0.2) is 109 Å². The monoisotopic (exact) mass is 353 g/mol. The number of rotatable bonds is 3. The quantitative estimate of drug-likeness (QED) is 0.621. The Labute approximate surface area is 162 Å². The first-order chi connectivity index (χ1) is 13.4. The number of allylic oxidation sites excluding steroid dienone is 10. The number of hydrogen-bond acceptors (Lipinski definition) is 1. The summed E-state index contributed by atoms with van der Waals surface area (Å²) in [6, 6.07) is 15.2. The molecule has 0 radical (unpaired) electrons. The molecule has 136 valence electrons. The first-order valence-corrected chi connectivity index (χ1v) is 9.76. The normalized spacial score (nSPS) is 15.7. The van der Waals surface area contributed by atoms with Gasteiger partial charge in [-0.25, -0.2) is 0 Å². The van der Waals surface area contributed by atoms with Crippen molar-refractivity contribution in [2.45, 2.75) is 26.7 Å². The van der Waals surface area contributed by atoms with Gasteiger partial charge in [0.05, 0.1) is 0 Å². The van der Waals surface area contributed by atoms with Gasteiger partial charge in [0.1, 0.15) is 0 Å². The van der Waals surface area contributed by atoms with Crippen LogP contribution in [0, 0.1) is 0 Å². The van der Waals surface area contributed by atoms with Crippen molar-refractivity contribution in [3.63, 3.8) is 0 Å². The molecule has 0 aromatic heterocycles. The zero-order valence-corrected chi connectivity index (χ0v) is 16.2. The molecule has 2 aromatic rings. The third-order valence-electron chi connectivity index (χ3n) is 4.47. The standard InChI is InChI=1S/C24H21N.C2H6/c1-2-4-12-23(11-3-1)25-24-13-7-10-20(16-17-24)22-15-14-19-8-5-6-9-21(19)18-22;1-2/h1,3-6,8-18,25H,2,7H2;1-2H3. The fourth-order valence-corrected chi connectivity index (χ4v) is 3.13. The van der Waals surface area contributed by atoms with Crippen molar-refractivity contribution < 1.29 is 0 Å². The summed E-state index contributed by atoms with van der Waals surface area (Å²) in [6.45, 7) is 4.00. The lowest BCUT2D eigenvalue weighted by atomic mass is 10.0. The highest BCUT2D eigenvalue weighted by atomic mass is 14.9. The van der Waals surface area contributed by atoms with Gasteiger partial charge in [-0.3, -0.25) is 0 Å². The second-order valence-corrected chi connectivity index (χ2v) is 6.26. The van der Waals surface area contributed by atoms with Gasteiger partial charge in [0.25, 0.3) is 0 Å². The van der Waals surface area contributed by atoms with Crippen LogP contribution >= 0.6 is 0 Å². The van der Waals surface area contributed by atoms with Crippen LogP contribution in [0.2, 0.25) is 0 Å². The molecule has 0 saturated heterocycles. The first-order valence-electron chi connectivity index (χ1n) is 9.76. The summed E-state index contributed by atoms with van der Waals surface area (Å²) in [5, 5.41) is 6.07. The van der Waals surface area contributed by atoms with Crippen LogP contribution in [0.4, 0.5) is 0 Å². The average Bonchev–Trinajstić information content (AvgIpc) is 3.12. The Morgan fingerprint density at radius 2 is 1.59 bits per heavy atom. The minimum atomic E-state index is 0.921. The van der Waals surface area contributed by atoms with E-state index in [0.29, 0.717) is 0 Å². The molecule has 0 heterocycles. The molecular weight excluding hydrogens is 326 g/mol. The lowest BCUT2D eigenvalue weighted by Crippen LogP contribution is -2.09. The van der Waals surface area contributed by atoms with E-state index in [1.54, 1.807) is 0 Å². The van der Waals surface area contributed by atoms with E-state index in [1.807, 2.05) is 13.8 Å². The Bertz CT molecular complexity index is 965. The molecule has 0 unspecified atom stereocenters. The summed E-state index contributed by atoms with van der Waals surface area (Å²) in [4.78, 5) is 0. The summed E-state index contributed by atoms with van der Waals surface area (Å²) in [6.07, 6.45) is 21.5. The van der Waals surface area contributed by atoms with Gasteiger partial charge in [0.15, 0.2) is 0 Å². The molecule has 0 aliphatic heterocycles. The van der Waals surface area contributed by atoms with Crippen LogP contribution in [-0.2, 0) is 0 Å². The number of benzene rings is 2. The predicted molar refractivity (Wildman–Crippen MR) is 119 cm³/mol. The molecule has 0 atom stereocenters. The summed E-state index contributed by atoms with van der Waals surface area (Å²) in [7, 11) is 0. The Hall–Kier alpha value is -3.06. The Morgan fingerprint density at radius 1 is 0.741 bits per heavy atom. The highest BCUT2D eigenvalue weighted by Gasteiger charge is 2.04. The van der Waals surface area contributed by atoms with E-state index in [1.165, 1.54) is 21.9 Å². The molecule has 2 aliphatic rings. The summed E-state index contributed by atoms with van der Waals surface area (Å²) >= 11 is 0. The molecular formula is C26H27N. The van der Waals surface area contributed by atoms with Crippen LogP contribution in [0.3, 0.4) is 0 Å². The van der Waals surface area contributed by atoms with E-state index in [2.05, 4.69) is 102 Å². The van der Waals surface area contributed by atoms with E-state index in [0.717, 1.165) is 24.2 Å². The van der Waals surface area contributed by atoms with Crippen LogP contribution < -0.4 is 5.32 Å². The first kappa shape index (κ1) is 18.7. The fraction of sp³-hybridized carbons (Fsp3) is 0.154. The van der Waals surface area contributed by atoms with Crippen molar-refractivity contribution in [3.8, 4) is 0 Å². The van der Waals surface area contributed by atoms with Gasteiger partial charge < -0.3 is 5.32 Å². The minimum absolute atomic E-state index is 0.921. The van der Waals surface area contributed by atoms with E-state index >= 15 is 0 Å². The SMILES string of the molecule is C1=CCC=CC(NC2=CCC=C(c3ccc4ccccc4c3)C=C2)=C1.CC. The van der Waals surface area contributed by atoms with Gasteiger partial charge in [-0.05, 0) is 59.0 Å². The van der Waals surface area contributed by atoms with Gasteiger partial charge in [-0.2, -0.15) is 0 Å². The predicted octanol–water partition coefficient (Wildman–Crippen LogP) is 7.08. The fourth-order valence-electron chi connectivity index (χ4n) is 3.13. The maximum absolute atomic E-state index is 3.50. The second-order valence-electron chi connectivity index (χ2n) is 6.26. The van der Waals surface area contributed by atoms with Crippen molar-refractivity contribution in [2.75, 3.05) is 0 Å². The van der Waals surface area contributed by atoms with E-state index in [9.17, 15) is 0 Å². The van der Waals surface area contributed by atoms with Gasteiger partial charge in [-0.1, -0.05) is 86.7 Å². The zero-order valence-electron chi connectivity index (χ0n) is 16.2. The van der Waals surface area contributed by atoms with Crippen molar-refractivity contribution in [3.05, 3.63) is 114 Å². The molecule has 0 bridgehead atoms. The molecule has 2 aliphatic carbocycles. The molecule has 0 spiro atoms. The van der Waals surface area contributed by atoms with Gasteiger partial charge >= 0.3 is 0 Å². The van der Waals surface area contributed by atoms with Crippen molar-refractivity contribution in [2.24, 2.45) is 0 Å². The highest BCUT2D eigenvalue weighted by Crippen LogP contribution is 2.24. The molecule has 27 heavy (non-hydrogen) atoms. The maximum atomic E-state index is 3.50. The zero-order chi connectivity index (χ0) is 18.9. The van der Waals surface area contributed by atoms with Crippen LogP contribution in [0.25, 0.3) is 16.3 Å². The third-order valence-corrected chi connectivity index (χ3v) is 4.47. The Kier molecular flexibility index (Phi) is 6.65.